The van der Waals surface area contributed by atoms with Gasteiger partial charge in [0.15, 0.2) is 11.5 Å². The van der Waals surface area contributed by atoms with Crippen LogP contribution in [0.3, 0.4) is 0 Å². The predicted octanol–water partition coefficient (Wildman–Crippen LogP) is 4.16. The van der Waals surface area contributed by atoms with Crippen molar-refractivity contribution in [2.45, 2.75) is 6.92 Å². The number of carbonyl (C=O) groups is 1. The first-order valence-corrected chi connectivity index (χ1v) is 8.67. The first kappa shape index (κ1) is 16.9. The van der Waals surface area contributed by atoms with E-state index in [4.69, 9.17) is 9.47 Å². The van der Waals surface area contributed by atoms with E-state index in [2.05, 4.69) is 15.6 Å². The summed E-state index contributed by atoms with van der Waals surface area (Å²) < 4.78 is 11.1. The van der Waals surface area contributed by atoms with Crippen molar-refractivity contribution < 1.29 is 14.3 Å². The molecular formula is C21H19N3O3. The third kappa shape index (κ3) is 4.00. The lowest BCUT2D eigenvalue weighted by molar-refractivity contribution is 0.102. The summed E-state index contributed by atoms with van der Waals surface area (Å²) in [7, 11) is 0. The van der Waals surface area contributed by atoms with E-state index in [1.807, 2.05) is 49.4 Å². The zero-order valence-electron chi connectivity index (χ0n) is 14.9. The molecule has 2 N–H and O–H groups in total. The fourth-order valence-corrected chi connectivity index (χ4v) is 2.76. The largest absolute Gasteiger partial charge is 0.486 e. The Balaban J connectivity index is 1.48. The number of amides is 1. The highest BCUT2D eigenvalue weighted by molar-refractivity contribution is 6.04. The Morgan fingerprint density at radius 3 is 2.44 bits per heavy atom. The van der Waals surface area contributed by atoms with Gasteiger partial charge in [0.05, 0.1) is 17.4 Å². The SMILES string of the molecule is Cc1ccc(NC(=O)c2cncc(Nc3ccc4c(c3)OCCO4)c2)cc1. The Hall–Kier alpha value is -3.54. The van der Waals surface area contributed by atoms with Crippen LogP contribution in [-0.4, -0.2) is 24.1 Å². The summed E-state index contributed by atoms with van der Waals surface area (Å²) >= 11 is 0. The van der Waals surface area contributed by atoms with E-state index in [1.165, 1.54) is 0 Å². The minimum atomic E-state index is -0.211. The van der Waals surface area contributed by atoms with E-state index in [9.17, 15) is 4.79 Å². The summed E-state index contributed by atoms with van der Waals surface area (Å²) in [5.74, 6) is 1.22. The zero-order chi connectivity index (χ0) is 18.6. The number of fused-ring (bicyclic) bond motifs is 1. The van der Waals surface area contributed by atoms with Crippen molar-refractivity contribution in [1.82, 2.24) is 4.98 Å². The number of pyridine rings is 1. The molecule has 0 saturated carbocycles. The molecule has 1 aliphatic heterocycles. The van der Waals surface area contributed by atoms with Gasteiger partial charge in [0.2, 0.25) is 0 Å². The Labute approximate surface area is 157 Å². The lowest BCUT2D eigenvalue weighted by Gasteiger charge is -2.19. The van der Waals surface area contributed by atoms with Crippen molar-refractivity contribution in [3.8, 4) is 11.5 Å². The number of rotatable bonds is 4. The summed E-state index contributed by atoms with van der Waals surface area (Å²) in [6, 6.07) is 15.0. The lowest BCUT2D eigenvalue weighted by Crippen LogP contribution is -2.15. The third-order valence-corrected chi connectivity index (χ3v) is 4.14. The molecule has 2 aromatic carbocycles. The molecule has 3 aromatic rings. The Morgan fingerprint density at radius 2 is 1.63 bits per heavy atom. The molecule has 6 heteroatoms. The van der Waals surface area contributed by atoms with Gasteiger partial charge in [0.25, 0.3) is 5.91 Å². The average molecular weight is 361 g/mol. The smallest absolute Gasteiger partial charge is 0.257 e. The fraction of sp³-hybridized carbons (Fsp3) is 0.143. The van der Waals surface area contributed by atoms with E-state index < -0.39 is 0 Å². The van der Waals surface area contributed by atoms with Gasteiger partial charge in [-0.25, -0.2) is 0 Å². The molecule has 136 valence electrons. The predicted molar refractivity (Wildman–Crippen MR) is 104 cm³/mol. The van der Waals surface area contributed by atoms with Crippen LogP contribution in [0, 0.1) is 6.92 Å². The molecule has 1 aliphatic rings. The lowest BCUT2D eigenvalue weighted by atomic mass is 10.2. The monoisotopic (exact) mass is 361 g/mol. The highest BCUT2D eigenvalue weighted by atomic mass is 16.6. The van der Waals surface area contributed by atoms with Gasteiger partial charge in [-0.05, 0) is 37.3 Å². The van der Waals surface area contributed by atoms with Crippen LogP contribution in [0.4, 0.5) is 17.1 Å². The van der Waals surface area contributed by atoms with Crippen molar-refractivity contribution in [1.29, 1.82) is 0 Å². The number of ether oxygens (including phenoxy) is 2. The molecule has 0 spiro atoms. The van der Waals surface area contributed by atoms with Gasteiger partial charge in [0.1, 0.15) is 13.2 Å². The minimum absolute atomic E-state index is 0.211. The van der Waals surface area contributed by atoms with Crippen LogP contribution in [0.25, 0.3) is 0 Å². The first-order valence-electron chi connectivity index (χ1n) is 8.67. The van der Waals surface area contributed by atoms with Crippen molar-refractivity contribution in [3.05, 3.63) is 72.1 Å². The quantitative estimate of drug-likeness (QED) is 0.730. The Kier molecular flexibility index (Phi) is 4.61. The summed E-state index contributed by atoms with van der Waals surface area (Å²) in [5, 5.41) is 6.12. The van der Waals surface area contributed by atoms with Crippen LogP contribution >= 0.6 is 0 Å². The number of carbonyl (C=O) groups excluding carboxylic acids is 1. The van der Waals surface area contributed by atoms with Gasteiger partial charge < -0.3 is 20.1 Å². The zero-order valence-corrected chi connectivity index (χ0v) is 14.9. The maximum atomic E-state index is 12.5. The second kappa shape index (κ2) is 7.37. The molecule has 0 aliphatic carbocycles. The Morgan fingerprint density at radius 1 is 0.889 bits per heavy atom. The molecule has 2 heterocycles. The maximum Gasteiger partial charge on any atom is 0.257 e. The summed E-state index contributed by atoms with van der Waals surface area (Å²) in [6.45, 7) is 3.09. The molecule has 1 aromatic heterocycles. The minimum Gasteiger partial charge on any atom is -0.486 e. The topological polar surface area (TPSA) is 72.5 Å². The highest BCUT2D eigenvalue weighted by Crippen LogP contribution is 2.33. The second-order valence-electron chi connectivity index (χ2n) is 6.27. The number of benzene rings is 2. The first-order chi connectivity index (χ1) is 13.2. The van der Waals surface area contributed by atoms with Crippen molar-refractivity contribution in [2.75, 3.05) is 23.8 Å². The van der Waals surface area contributed by atoms with Crippen LogP contribution in [-0.2, 0) is 0 Å². The van der Waals surface area contributed by atoms with E-state index in [0.717, 1.165) is 22.7 Å². The van der Waals surface area contributed by atoms with Crippen LogP contribution in [0.1, 0.15) is 15.9 Å². The van der Waals surface area contributed by atoms with E-state index in [0.29, 0.717) is 30.2 Å². The summed E-state index contributed by atoms with van der Waals surface area (Å²) in [5.41, 5.74) is 3.90. The molecule has 0 saturated heterocycles. The Bertz CT molecular complexity index is 971. The molecule has 27 heavy (non-hydrogen) atoms. The molecule has 4 rings (SSSR count). The van der Waals surface area contributed by atoms with Crippen LogP contribution in [0.2, 0.25) is 0 Å². The molecular weight excluding hydrogens is 342 g/mol. The number of aryl methyl sites for hydroxylation is 1. The number of hydrogen-bond donors (Lipinski definition) is 2. The van der Waals surface area contributed by atoms with Gasteiger partial charge >= 0.3 is 0 Å². The van der Waals surface area contributed by atoms with E-state index >= 15 is 0 Å². The molecule has 1 amide bonds. The molecule has 0 unspecified atom stereocenters. The van der Waals surface area contributed by atoms with Gasteiger partial charge in [-0.2, -0.15) is 0 Å². The highest BCUT2D eigenvalue weighted by Gasteiger charge is 2.12. The summed E-state index contributed by atoms with van der Waals surface area (Å²) in [6.07, 6.45) is 3.21. The van der Waals surface area contributed by atoms with Crippen LogP contribution in [0.5, 0.6) is 11.5 Å². The van der Waals surface area contributed by atoms with E-state index in [1.54, 1.807) is 18.5 Å². The summed E-state index contributed by atoms with van der Waals surface area (Å²) in [4.78, 5) is 16.6. The van der Waals surface area contributed by atoms with Crippen LogP contribution < -0.4 is 20.1 Å². The fourth-order valence-electron chi connectivity index (χ4n) is 2.76. The number of hydrogen-bond acceptors (Lipinski definition) is 5. The number of nitrogens with zero attached hydrogens (tertiary/aromatic N) is 1. The van der Waals surface area contributed by atoms with Crippen molar-refractivity contribution >= 4 is 23.0 Å². The van der Waals surface area contributed by atoms with E-state index in [-0.39, 0.29) is 5.91 Å². The second-order valence-corrected chi connectivity index (χ2v) is 6.27. The molecule has 0 fully saturated rings. The normalized spacial score (nSPS) is 12.3. The van der Waals surface area contributed by atoms with Gasteiger partial charge in [-0.1, -0.05) is 17.7 Å². The van der Waals surface area contributed by atoms with Gasteiger partial charge in [-0.3, -0.25) is 9.78 Å². The molecule has 0 bridgehead atoms. The molecule has 0 radical (unpaired) electrons. The van der Waals surface area contributed by atoms with Crippen molar-refractivity contribution in [3.63, 3.8) is 0 Å². The number of aromatic nitrogens is 1. The van der Waals surface area contributed by atoms with Crippen LogP contribution in [0.15, 0.2) is 60.9 Å². The molecule has 6 nitrogen and oxygen atoms in total. The standard InChI is InChI=1S/C21H19N3O3/c1-14-2-4-16(5-3-14)24-21(25)15-10-18(13-22-12-15)23-17-6-7-19-20(11-17)27-9-8-26-19/h2-7,10-13,23H,8-9H2,1H3,(H,24,25). The van der Waals surface area contributed by atoms with Gasteiger partial charge in [0, 0.05) is 23.6 Å². The number of anilines is 3. The van der Waals surface area contributed by atoms with Crippen molar-refractivity contribution in [2.24, 2.45) is 0 Å². The van der Waals surface area contributed by atoms with Gasteiger partial charge in [-0.15, -0.1) is 0 Å². The third-order valence-electron chi connectivity index (χ3n) is 4.14. The average Bonchev–Trinajstić information content (AvgIpc) is 2.70. The maximum absolute atomic E-state index is 12.5. The number of nitrogens with one attached hydrogen (secondary N) is 2. The molecule has 0 atom stereocenters.